The maximum absolute atomic E-state index is 5.50. The highest BCUT2D eigenvalue weighted by atomic mass is 79.9. The largest absolute Gasteiger partial charge is 0.474 e. The van der Waals surface area contributed by atoms with Crippen molar-refractivity contribution in [2.24, 2.45) is 4.99 Å². The Kier molecular flexibility index (Phi) is 2.47. The maximum Gasteiger partial charge on any atom is 0.233 e. The second-order valence-corrected chi connectivity index (χ2v) is 5.51. The van der Waals surface area contributed by atoms with Crippen LogP contribution in [-0.4, -0.2) is 23.0 Å². The molecule has 1 aromatic rings. The van der Waals surface area contributed by atoms with Gasteiger partial charge in [0.15, 0.2) is 0 Å². The number of rotatable bonds is 1. The highest BCUT2D eigenvalue weighted by Crippen LogP contribution is 2.26. The first-order valence-electron chi connectivity index (χ1n) is 4.25. The number of aliphatic imine (C=N–C) groups is 1. The Bertz CT molecular complexity index is 376. The van der Waals surface area contributed by atoms with Gasteiger partial charge in [0.2, 0.25) is 5.90 Å². The van der Waals surface area contributed by atoms with Crippen molar-refractivity contribution in [2.45, 2.75) is 19.4 Å². The number of hydrogen-bond acceptors (Lipinski definition) is 2. The molecule has 0 saturated heterocycles. The highest BCUT2D eigenvalue weighted by Gasteiger charge is 2.27. The standard InChI is InChI=1S/C9H10Br2N2O/c1-9(2)4-14-8(13-9)6-3-5(10)7(11)12-6/h3,12H,4H2,1-2H3. The lowest BCUT2D eigenvalue weighted by atomic mass is 10.1. The Hall–Kier alpha value is -0.290. The zero-order valence-electron chi connectivity index (χ0n) is 7.90. The first kappa shape index (κ1) is 10.2. The van der Waals surface area contributed by atoms with Crippen LogP contribution >= 0.6 is 31.9 Å². The van der Waals surface area contributed by atoms with Gasteiger partial charge in [-0.05, 0) is 51.8 Å². The minimum atomic E-state index is -0.112. The highest BCUT2D eigenvalue weighted by molar-refractivity contribution is 9.13. The summed E-state index contributed by atoms with van der Waals surface area (Å²) in [4.78, 5) is 7.60. The van der Waals surface area contributed by atoms with Crippen molar-refractivity contribution >= 4 is 37.8 Å². The Morgan fingerprint density at radius 3 is 2.64 bits per heavy atom. The zero-order chi connectivity index (χ0) is 10.3. The van der Waals surface area contributed by atoms with Crippen LogP contribution < -0.4 is 0 Å². The van der Waals surface area contributed by atoms with Gasteiger partial charge in [-0.1, -0.05) is 0 Å². The summed E-state index contributed by atoms with van der Waals surface area (Å²) in [5.74, 6) is 0.682. The number of hydrogen-bond donors (Lipinski definition) is 1. The molecule has 3 nitrogen and oxygen atoms in total. The molecule has 2 heterocycles. The first-order valence-corrected chi connectivity index (χ1v) is 5.83. The normalized spacial score (nSPS) is 19.3. The van der Waals surface area contributed by atoms with E-state index in [1.54, 1.807) is 0 Å². The van der Waals surface area contributed by atoms with Crippen LogP contribution in [0.3, 0.4) is 0 Å². The van der Waals surface area contributed by atoms with E-state index in [4.69, 9.17) is 4.74 Å². The van der Waals surface area contributed by atoms with E-state index < -0.39 is 0 Å². The fourth-order valence-corrected chi connectivity index (χ4v) is 1.90. The molecule has 1 N–H and O–H groups in total. The van der Waals surface area contributed by atoms with Crippen molar-refractivity contribution in [2.75, 3.05) is 6.61 Å². The van der Waals surface area contributed by atoms with Crippen LogP contribution in [0.15, 0.2) is 20.1 Å². The van der Waals surface area contributed by atoms with Crippen LogP contribution in [0.25, 0.3) is 0 Å². The molecule has 14 heavy (non-hydrogen) atoms. The lowest BCUT2D eigenvalue weighted by molar-refractivity contribution is 0.279. The van der Waals surface area contributed by atoms with E-state index in [-0.39, 0.29) is 5.54 Å². The van der Waals surface area contributed by atoms with E-state index in [0.29, 0.717) is 12.5 Å². The van der Waals surface area contributed by atoms with Crippen LogP contribution in [-0.2, 0) is 4.74 Å². The predicted molar refractivity (Wildman–Crippen MR) is 62.8 cm³/mol. The summed E-state index contributed by atoms with van der Waals surface area (Å²) in [5.41, 5.74) is 0.786. The van der Waals surface area contributed by atoms with Gasteiger partial charge >= 0.3 is 0 Å². The molecule has 76 valence electrons. The molecule has 0 saturated carbocycles. The smallest absolute Gasteiger partial charge is 0.233 e. The Labute approximate surface area is 99.2 Å². The third-order valence-corrected chi connectivity index (χ3v) is 3.70. The molecule has 0 bridgehead atoms. The van der Waals surface area contributed by atoms with Gasteiger partial charge in [0.25, 0.3) is 0 Å². The summed E-state index contributed by atoms with van der Waals surface area (Å²) >= 11 is 6.78. The molecule has 0 spiro atoms. The molecule has 0 aromatic carbocycles. The molecular formula is C9H10Br2N2O. The van der Waals surface area contributed by atoms with Crippen LogP contribution in [0.1, 0.15) is 19.5 Å². The van der Waals surface area contributed by atoms with Crippen LogP contribution in [0.4, 0.5) is 0 Å². The number of H-pyrrole nitrogens is 1. The summed E-state index contributed by atoms with van der Waals surface area (Å²) in [6.45, 7) is 4.73. The number of aromatic amines is 1. The molecule has 0 radical (unpaired) electrons. The van der Waals surface area contributed by atoms with Crippen molar-refractivity contribution in [1.82, 2.24) is 4.98 Å². The second-order valence-electron chi connectivity index (χ2n) is 3.86. The molecular weight excluding hydrogens is 312 g/mol. The zero-order valence-corrected chi connectivity index (χ0v) is 11.1. The fourth-order valence-electron chi connectivity index (χ4n) is 1.24. The SMILES string of the molecule is CC1(C)COC(c2cc(Br)c(Br)[nH]2)=N1. The van der Waals surface area contributed by atoms with Gasteiger partial charge in [-0.2, -0.15) is 0 Å². The molecule has 0 fully saturated rings. The molecule has 1 aliphatic heterocycles. The molecule has 0 atom stereocenters. The van der Waals surface area contributed by atoms with Crippen molar-refractivity contribution < 1.29 is 4.74 Å². The third-order valence-electron chi connectivity index (χ3n) is 1.92. The van der Waals surface area contributed by atoms with Gasteiger partial charge in [-0.3, -0.25) is 0 Å². The third kappa shape index (κ3) is 1.88. The lowest BCUT2D eigenvalue weighted by Crippen LogP contribution is -2.17. The van der Waals surface area contributed by atoms with Gasteiger partial charge in [0.1, 0.15) is 12.3 Å². The van der Waals surface area contributed by atoms with E-state index in [0.717, 1.165) is 14.8 Å². The first-order chi connectivity index (χ1) is 6.48. The molecule has 5 heteroatoms. The van der Waals surface area contributed by atoms with E-state index in [1.165, 1.54) is 0 Å². The molecule has 1 aromatic heterocycles. The summed E-state index contributed by atoms with van der Waals surface area (Å²) in [5, 5.41) is 0. The summed E-state index contributed by atoms with van der Waals surface area (Å²) in [7, 11) is 0. The maximum atomic E-state index is 5.50. The fraction of sp³-hybridized carbons (Fsp3) is 0.444. The van der Waals surface area contributed by atoms with Gasteiger partial charge in [-0.25, -0.2) is 4.99 Å². The number of aromatic nitrogens is 1. The van der Waals surface area contributed by atoms with Crippen molar-refractivity contribution in [3.05, 3.63) is 20.8 Å². The van der Waals surface area contributed by atoms with Crippen LogP contribution in [0.5, 0.6) is 0 Å². The predicted octanol–water partition coefficient (Wildman–Crippen LogP) is 3.10. The number of nitrogens with one attached hydrogen (secondary N) is 1. The minimum Gasteiger partial charge on any atom is -0.474 e. The average Bonchev–Trinajstić information content (AvgIpc) is 2.57. The van der Waals surface area contributed by atoms with Gasteiger partial charge in [0.05, 0.1) is 14.6 Å². The quantitative estimate of drug-likeness (QED) is 0.848. The number of nitrogens with zero attached hydrogens (tertiary/aromatic N) is 1. The number of halogens is 2. The molecule has 0 unspecified atom stereocenters. The second kappa shape index (κ2) is 3.38. The topological polar surface area (TPSA) is 37.4 Å². The summed E-state index contributed by atoms with van der Waals surface area (Å²) < 4.78 is 7.38. The van der Waals surface area contributed by atoms with Crippen molar-refractivity contribution in [1.29, 1.82) is 0 Å². The van der Waals surface area contributed by atoms with Crippen LogP contribution in [0.2, 0.25) is 0 Å². The number of ether oxygens (including phenoxy) is 1. The van der Waals surface area contributed by atoms with E-state index in [2.05, 4.69) is 41.8 Å². The molecule has 0 amide bonds. The lowest BCUT2D eigenvalue weighted by Gasteiger charge is -2.07. The summed E-state index contributed by atoms with van der Waals surface area (Å²) in [6.07, 6.45) is 0. The Balaban J connectivity index is 2.33. The van der Waals surface area contributed by atoms with E-state index in [9.17, 15) is 0 Å². The molecule has 2 rings (SSSR count). The monoisotopic (exact) mass is 320 g/mol. The van der Waals surface area contributed by atoms with E-state index in [1.807, 2.05) is 19.9 Å². The molecule has 0 aliphatic carbocycles. The van der Waals surface area contributed by atoms with Gasteiger partial charge in [0, 0.05) is 0 Å². The van der Waals surface area contributed by atoms with Gasteiger partial charge < -0.3 is 9.72 Å². The van der Waals surface area contributed by atoms with E-state index >= 15 is 0 Å². The Morgan fingerprint density at radius 1 is 1.50 bits per heavy atom. The van der Waals surface area contributed by atoms with Crippen molar-refractivity contribution in [3.63, 3.8) is 0 Å². The summed E-state index contributed by atoms with van der Waals surface area (Å²) in [6, 6.07) is 1.95. The van der Waals surface area contributed by atoms with Crippen molar-refractivity contribution in [3.8, 4) is 0 Å². The van der Waals surface area contributed by atoms with Gasteiger partial charge in [-0.15, -0.1) is 0 Å². The Morgan fingerprint density at radius 2 is 2.21 bits per heavy atom. The molecule has 1 aliphatic rings. The van der Waals surface area contributed by atoms with Crippen LogP contribution in [0, 0.1) is 0 Å². The minimum absolute atomic E-state index is 0.112. The average molecular weight is 322 g/mol.